The van der Waals surface area contributed by atoms with Gasteiger partial charge < -0.3 is 14.8 Å². The summed E-state index contributed by atoms with van der Waals surface area (Å²) in [6, 6.07) is 16.5. The summed E-state index contributed by atoms with van der Waals surface area (Å²) in [7, 11) is 0. The highest BCUT2D eigenvalue weighted by molar-refractivity contribution is 6.10. The molecule has 5 nitrogen and oxygen atoms in total. The molecule has 0 fully saturated rings. The van der Waals surface area contributed by atoms with Crippen LogP contribution in [-0.4, -0.2) is 19.1 Å². The number of nitrogens with one attached hydrogen (secondary N) is 1. The lowest BCUT2D eigenvalue weighted by atomic mass is 10.1. The van der Waals surface area contributed by atoms with Gasteiger partial charge in [0, 0.05) is 0 Å². The highest BCUT2D eigenvalue weighted by Crippen LogP contribution is 2.24. The molecule has 29 heavy (non-hydrogen) atoms. The van der Waals surface area contributed by atoms with Crippen LogP contribution in [0.4, 0.5) is 5.69 Å². The van der Waals surface area contributed by atoms with E-state index in [2.05, 4.69) is 12.2 Å². The SMILES string of the molecule is CCCCCCOc1ccc(/C=C(\C#N)C(=O)Nc2ccccc2OCC)cc1. The monoisotopic (exact) mass is 392 g/mol. The predicted molar refractivity (Wildman–Crippen MR) is 116 cm³/mol. The average molecular weight is 392 g/mol. The van der Waals surface area contributed by atoms with Crippen molar-refractivity contribution in [3.05, 3.63) is 59.7 Å². The van der Waals surface area contributed by atoms with E-state index >= 15 is 0 Å². The third-order valence-corrected chi connectivity index (χ3v) is 4.26. The summed E-state index contributed by atoms with van der Waals surface area (Å²) in [5, 5.41) is 12.2. The van der Waals surface area contributed by atoms with Crippen molar-refractivity contribution in [2.45, 2.75) is 39.5 Å². The van der Waals surface area contributed by atoms with Crippen LogP contribution in [0.15, 0.2) is 54.1 Å². The summed E-state index contributed by atoms with van der Waals surface area (Å²) >= 11 is 0. The van der Waals surface area contributed by atoms with Gasteiger partial charge in [0.1, 0.15) is 23.1 Å². The van der Waals surface area contributed by atoms with Gasteiger partial charge >= 0.3 is 0 Å². The predicted octanol–water partition coefficient (Wildman–Crippen LogP) is 5.59. The van der Waals surface area contributed by atoms with Crippen LogP contribution in [0.2, 0.25) is 0 Å². The maximum absolute atomic E-state index is 12.5. The van der Waals surface area contributed by atoms with Crippen LogP contribution >= 0.6 is 0 Å². The van der Waals surface area contributed by atoms with Crippen molar-refractivity contribution in [1.29, 1.82) is 5.26 Å². The summed E-state index contributed by atoms with van der Waals surface area (Å²) in [4.78, 5) is 12.5. The van der Waals surface area contributed by atoms with Crippen LogP contribution < -0.4 is 14.8 Å². The summed E-state index contributed by atoms with van der Waals surface area (Å²) in [6.07, 6.45) is 6.19. The molecule has 0 unspecified atom stereocenters. The molecule has 152 valence electrons. The number of hydrogen-bond acceptors (Lipinski definition) is 4. The Morgan fingerprint density at radius 3 is 2.48 bits per heavy atom. The minimum absolute atomic E-state index is 0.0181. The lowest BCUT2D eigenvalue weighted by molar-refractivity contribution is -0.112. The molecule has 2 aromatic carbocycles. The second-order valence-corrected chi connectivity index (χ2v) is 6.53. The fourth-order valence-corrected chi connectivity index (χ4v) is 2.74. The van der Waals surface area contributed by atoms with Gasteiger partial charge in [-0.2, -0.15) is 5.26 Å². The number of ether oxygens (including phenoxy) is 2. The van der Waals surface area contributed by atoms with Crippen molar-refractivity contribution in [3.63, 3.8) is 0 Å². The van der Waals surface area contributed by atoms with Gasteiger partial charge in [-0.25, -0.2) is 0 Å². The van der Waals surface area contributed by atoms with Gasteiger partial charge in [-0.3, -0.25) is 4.79 Å². The Kier molecular flexibility index (Phi) is 9.31. The molecule has 0 radical (unpaired) electrons. The van der Waals surface area contributed by atoms with E-state index in [1.54, 1.807) is 24.3 Å². The van der Waals surface area contributed by atoms with Gasteiger partial charge in [-0.1, -0.05) is 50.5 Å². The molecule has 0 bridgehead atoms. The van der Waals surface area contributed by atoms with Crippen LogP contribution in [-0.2, 0) is 4.79 Å². The number of nitriles is 1. The molecular weight excluding hydrogens is 364 g/mol. The molecule has 0 spiro atoms. The number of benzene rings is 2. The van der Waals surface area contributed by atoms with Crippen molar-refractivity contribution < 1.29 is 14.3 Å². The lowest BCUT2D eigenvalue weighted by Crippen LogP contribution is -2.14. The Hall–Kier alpha value is -3.26. The molecule has 2 aromatic rings. The van der Waals surface area contributed by atoms with E-state index < -0.39 is 5.91 Å². The minimum atomic E-state index is -0.476. The van der Waals surface area contributed by atoms with E-state index in [1.165, 1.54) is 19.3 Å². The number of rotatable bonds is 11. The Balaban J connectivity index is 2.00. The fraction of sp³-hybridized carbons (Fsp3) is 0.333. The average Bonchev–Trinajstić information content (AvgIpc) is 2.74. The molecule has 1 N–H and O–H groups in total. The molecule has 0 heterocycles. The van der Waals surface area contributed by atoms with Gasteiger partial charge in [0.2, 0.25) is 0 Å². The molecule has 0 saturated heterocycles. The van der Waals surface area contributed by atoms with Crippen LogP contribution in [0.25, 0.3) is 6.08 Å². The number of hydrogen-bond donors (Lipinski definition) is 1. The molecule has 2 rings (SSSR count). The Morgan fingerprint density at radius 1 is 1.03 bits per heavy atom. The Morgan fingerprint density at radius 2 is 1.79 bits per heavy atom. The molecule has 0 aliphatic carbocycles. The second-order valence-electron chi connectivity index (χ2n) is 6.53. The van der Waals surface area contributed by atoms with Gasteiger partial charge in [-0.15, -0.1) is 0 Å². The zero-order valence-electron chi connectivity index (χ0n) is 17.1. The number of anilines is 1. The zero-order chi connectivity index (χ0) is 20.9. The molecule has 0 atom stereocenters. The minimum Gasteiger partial charge on any atom is -0.494 e. The summed E-state index contributed by atoms with van der Waals surface area (Å²) in [5.74, 6) is 0.879. The highest BCUT2D eigenvalue weighted by Gasteiger charge is 2.12. The smallest absolute Gasteiger partial charge is 0.266 e. The van der Waals surface area contributed by atoms with E-state index in [-0.39, 0.29) is 5.57 Å². The first kappa shape index (κ1) is 22.0. The van der Waals surface area contributed by atoms with Crippen molar-refractivity contribution in [2.75, 3.05) is 18.5 Å². The molecule has 0 aliphatic rings. The molecule has 0 saturated carbocycles. The number of para-hydroxylation sites is 2. The van der Waals surface area contributed by atoms with Crippen LogP contribution in [0.5, 0.6) is 11.5 Å². The Bertz CT molecular complexity index is 851. The zero-order valence-corrected chi connectivity index (χ0v) is 17.1. The largest absolute Gasteiger partial charge is 0.494 e. The first-order valence-corrected chi connectivity index (χ1v) is 10.1. The molecule has 5 heteroatoms. The molecular formula is C24H28N2O3. The van der Waals surface area contributed by atoms with E-state index in [0.29, 0.717) is 24.7 Å². The summed E-state index contributed by atoms with van der Waals surface area (Å²) in [6.45, 7) is 5.24. The molecule has 0 aliphatic heterocycles. The third kappa shape index (κ3) is 7.34. The van der Waals surface area contributed by atoms with Crippen LogP contribution in [0.1, 0.15) is 45.1 Å². The van der Waals surface area contributed by atoms with Gasteiger partial charge in [0.25, 0.3) is 5.91 Å². The first-order chi connectivity index (χ1) is 14.2. The van der Waals surface area contributed by atoms with Gasteiger partial charge in [-0.05, 0) is 49.2 Å². The quantitative estimate of drug-likeness (QED) is 0.307. The second kappa shape index (κ2) is 12.2. The van der Waals surface area contributed by atoms with E-state index in [1.807, 2.05) is 43.3 Å². The normalized spacial score (nSPS) is 10.9. The summed E-state index contributed by atoms with van der Waals surface area (Å²) in [5.41, 5.74) is 1.31. The van der Waals surface area contributed by atoms with Crippen molar-refractivity contribution in [2.24, 2.45) is 0 Å². The van der Waals surface area contributed by atoms with E-state index in [0.717, 1.165) is 17.7 Å². The number of unbranched alkanes of at least 4 members (excludes halogenated alkanes) is 3. The maximum atomic E-state index is 12.5. The van der Waals surface area contributed by atoms with E-state index in [4.69, 9.17) is 9.47 Å². The standard InChI is InChI=1S/C24H28N2O3/c1-3-5-6-9-16-29-21-14-12-19(13-15-21)17-20(18-25)24(27)26-22-10-7-8-11-23(22)28-4-2/h7-8,10-15,17H,3-6,9,16H2,1-2H3,(H,26,27)/b20-17+. The number of amides is 1. The molecule has 1 amide bonds. The van der Waals surface area contributed by atoms with Crippen molar-refractivity contribution >= 4 is 17.7 Å². The Labute approximate surface area is 173 Å². The van der Waals surface area contributed by atoms with Crippen LogP contribution in [0.3, 0.4) is 0 Å². The first-order valence-electron chi connectivity index (χ1n) is 10.1. The topological polar surface area (TPSA) is 71.3 Å². The summed E-state index contributed by atoms with van der Waals surface area (Å²) < 4.78 is 11.2. The fourth-order valence-electron chi connectivity index (χ4n) is 2.74. The third-order valence-electron chi connectivity index (χ3n) is 4.26. The highest BCUT2D eigenvalue weighted by atomic mass is 16.5. The number of carbonyl (C=O) groups is 1. The number of nitrogens with zero attached hydrogens (tertiary/aromatic N) is 1. The molecule has 0 aromatic heterocycles. The van der Waals surface area contributed by atoms with E-state index in [9.17, 15) is 10.1 Å². The van der Waals surface area contributed by atoms with Crippen molar-refractivity contribution in [1.82, 2.24) is 0 Å². The van der Waals surface area contributed by atoms with Gasteiger partial charge in [0.15, 0.2) is 0 Å². The lowest BCUT2D eigenvalue weighted by Gasteiger charge is -2.10. The maximum Gasteiger partial charge on any atom is 0.266 e. The van der Waals surface area contributed by atoms with Crippen LogP contribution in [0, 0.1) is 11.3 Å². The van der Waals surface area contributed by atoms with Gasteiger partial charge in [0.05, 0.1) is 18.9 Å². The number of carbonyl (C=O) groups excluding carboxylic acids is 1. The van der Waals surface area contributed by atoms with Crippen molar-refractivity contribution in [3.8, 4) is 17.6 Å².